The third-order valence-corrected chi connectivity index (χ3v) is 2.42. The second-order valence-electron chi connectivity index (χ2n) is 3.56. The quantitative estimate of drug-likeness (QED) is 0.677. The highest BCUT2D eigenvalue weighted by molar-refractivity contribution is 5.17. The Kier molecular flexibility index (Phi) is 4.61. The summed E-state index contributed by atoms with van der Waals surface area (Å²) in [5, 5.41) is 6.54. The van der Waals surface area contributed by atoms with Crippen molar-refractivity contribution in [3.63, 3.8) is 0 Å². The molecular weight excluding hydrogens is 160 g/mol. The zero-order valence-corrected chi connectivity index (χ0v) is 8.69. The summed E-state index contributed by atoms with van der Waals surface area (Å²) in [7, 11) is 1.95. The number of nitrogens with one attached hydrogen (secondary N) is 2. The van der Waals surface area contributed by atoms with Gasteiger partial charge < -0.3 is 10.6 Å². The molecule has 1 aliphatic heterocycles. The van der Waals surface area contributed by atoms with Crippen molar-refractivity contribution in [1.29, 1.82) is 0 Å². The summed E-state index contributed by atoms with van der Waals surface area (Å²) < 4.78 is 0. The van der Waals surface area contributed by atoms with Crippen LogP contribution in [-0.2, 0) is 0 Å². The predicted molar refractivity (Wildman–Crippen MR) is 57.6 cm³/mol. The van der Waals surface area contributed by atoms with E-state index in [4.69, 9.17) is 0 Å². The zero-order chi connectivity index (χ0) is 9.52. The van der Waals surface area contributed by atoms with Gasteiger partial charge in [0, 0.05) is 19.3 Å². The van der Waals surface area contributed by atoms with Crippen LogP contribution in [-0.4, -0.2) is 20.1 Å². The van der Waals surface area contributed by atoms with Gasteiger partial charge >= 0.3 is 0 Å². The molecule has 1 fully saturated rings. The molecule has 1 aliphatic rings. The first kappa shape index (κ1) is 10.3. The molecule has 74 valence electrons. The maximum Gasteiger partial charge on any atom is 0.0167 e. The fraction of sp³-hybridized carbons (Fsp3) is 0.636. The summed E-state index contributed by atoms with van der Waals surface area (Å²) in [6.07, 6.45) is 8.28. The molecule has 2 heteroatoms. The zero-order valence-electron chi connectivity index (χ0n) is 8.69. The van der Waals surface area contributed by atoms with Gasteiger partial charge in [0.1, 0.15) is 0 Å². The summed E-state index contributed by atoms with van der Waals surface area (Å²) >= 11 is 0. The van der Waals surface area contributed by atoms with Crippen LogP contribution < -0.4 is 10.6 Å². The van der Waals surface area contributed by atoms with Crippen LogP contribution in [0, 0.1) is 0 Å². The highest BCUT2D eigenvalue weighted by Gasteiger charge is 2.01. The number of rotatable bonds is 2. The summed E-state index contributed by atoms with van der Waals surface area (Å²) in [5.74, 6) is 0. The van der Waals surface area contributed by atoms with Gasteiger partial charge in [-0.3, -0.25) is 0 Å². The lowest BCUT2D eigenvalue weighted by atomic mass is 10.1. The molecule has 0 bridgehead atoms. The molecule has 0 atom stereocenters. The fourth-order valence-electron chi connectivity index (χ4n) is 1.41. The minimum atomic E-state index is 1.06. The fourth-order valence-corrected chi connectivity index (χ4v) is 1.41. The molecule has 0 radical (unpaired) electrons. The van der Waals surface area contributed by atoms with Crippen molar-refractivity contribution >= 4 is 0 Å². The molecule has 1 saturated heterocycles. The van der Waals surface area contributed by atoms with Gasteiger partial charge in [-0.05, 0) is 38.8 Å². The van der Waals surface area contributed by atoms with Gasteiger partial charge in [-0.2, -0.15) is 0 Å². The number of allylic oxidation sites excluding steroid dienone is 3. The average Bonchev–Trinajstić information content (AvgIpc) is 2.42. The lowest BCUT2D eigenvalue weighted by Crippen LogP contribution is -2.14. The lowest BCUT2D eigenvalue weighted by Gasteiger charge is -2.01. The van der Waals surface area contributed by atoms with E-state index in [1.807, 2.05) is 7.05 Å². The molecule has 2 nitrogen and oxygen atoms in total. The molecule has 1 rings (SSSR count). The van der Waals surface area contributed by atoms with Crippen molar-refractivity contribution in [3.05, 3.63) is 23.4 Å². The highest BCUT2D eigenvalue weighted by atomic mass is 14.9. The largest absolute Gasteiger partial charge is 0.392 e. The van der Waals surface area contributed by atoms with Crippen LogP contribution in [0.5, 0.6) is 0 Å². The van der Waals surface area contributed by atoms with Crippen molar-refractivity contribution in [1.82, 2.24) is 10.6 Å². The third-order valence-electron chi connectivity index (χ3n) is 2.42. The molecule has 0 aliphatic carbocycles. The van der Waals surface area contributed by atoms with Crippen LogP contribution in [0.4, 0.5) is 0 Å². The first-order valence-corrected chi connectivity index (χ1v) is 5.07. The second-order valence-corrected chi connectivity index (χ2v) is 3.56. The van der Waals surface area contributed by atoms with Gasteiger partial charge in [0.05, 0.1) is 0 Å². The molecule has 0 aromatic heterocycles. The summed E-state index contributed by atoms with van der Waals surface area (Å²) in [6, 6.07) is 0. The normalized spacial score (nSPS) is 22.9. The summed E-state index contributed by atoms with van der Waals surface area (Å²) in [5.41, 5.74) is 2.74. The molecule has 1 heterocycles. The highest BCUT2D eigenvalue weighted by Crippen LogP contribution is 2.10. The molecule has 0 spiro atoms. The Bertz CT molecular complexity index is 194. The van der Waals surface area contributed by atoms with E-state index in [1.165, 1.54) is 37.1 Å². The van der Waals surface area contributed by atoms with Gasteiger partial charge in [-0.15, -0.1) is 0 Å². The SMILES string of the molecule is CN/C(C)=C\C=C1/CCCCNC1. The van der Waals surface area contributed by atoms with Crippen LogP contribution in [0.1, 0.15) is 26.2 Å². The van der Waals surface area contributed by atoms with E-state index in [0.717, 1.165) is 6.54 Å². The van der Waals surface area contributed by atoms with Gasteiger partial charge in [0.15, 0.2) is 0 Å². The second kappa shape index (κ2) is 5.81. The number of hydrogen-bond donors (Lipinski definition) is 2. The summed E-state index contributed by atoms with van der Waals surface area (Å²) in [4.78, 5) is 0. The van der Waals surface area contributed by atoms with Crippen molar-refractivity contribution < 1.29 is 0 Å². The topological polar surface area (TPSA) is 24.1 Å². The molecule has 0 unspecified atom stereocenters. The average molecular weight is 180 g/mol. The predicted octanol–water partition coefficient (Wildman–Crippen LogP) is 1.81. The van der Waals surface area contributed by atoms with Gasteiger partial charge in [-0.25, -0.2) is 0 Å². The Labute approximate surface area is 81.1 Å². The van der Waals surface area contributed by atoms with Gasteiger partial charge in [0.25, 0.3) is 0 Å². The van der Waals surface area contributed by atoms with E-state index < -0.39 is 0 Å². The van der Waals surface area contributed by atoms with Crippen molar-refractivity contribution in [2.24, 2.45) is 0 Å². The molecule has 13 heavy (non-hydrogen) atoms. The van der Waals surface area contributed by atoms with E-state index in [1.54, 1.807) is 0 Å². The van der Waals surface area contributed by atoms with Crippen molar-refractivity contribution in [3.8, 4) is 0 Å². The van der Waals surface area contributed by atoms with E-state index >= 15 is 0 Å². The first-order chi connectivity index (χ1) is 6.33. The minimum Gasteiger partial charge on any atom is -0.392 e. The lowest BCUT2D eigenvalue weighted by molar-refractivity contribution is 0.710. The van der Waals surface area contributed by atoms with Gasteiger partial charge in [0.2, 0.25) is 0 Å². The van der Waals surface area contributed by atoms with Crippen LogP contribution in [0.25, 0.3) is 0 Å². The van der Waals surface area contributed by atoms with Gasteiger partial charge in [-0.1, -0.05) is 11.6 Å². The maximum absolute atomic E-state index is 3.42. The van der Waals surface area contributed by atoms with E-state index in [2.05, 4.69) is 29.7 Å². The molecule has 0 aromatic carbocycles. The van der Waals surface area contributed by atoms with E-state index in [-0.39, 0.29) is 0 Å². The monoisotopic (exact) mass is 180 g/mol. The molecule has 2 N–H and O–H groups in total. The molecular formula is C11H20N2. The maximum atomic E-state index is 3.42. The molecule has 0 saturated carbocycles. The molecule has 0 aromatic rings. The van der Waals surface area contributed by atoms with Crippen LogP contribution in [0.3, 0.4) is 0 Å². The third kappa shape index (κ3) is 4.13. The van der Waals surface area contributed by atoms with Crippen LogP contribution in [0.15, 0.2) is 23.4 Å². The Morgan fingerprint density at radius 1 is 1.46 bits per heavy atom. The Hall–Kier alpha value is -0.760. The van der Waals surface area contributed by atoms with E-state index in [9.17, 15) is 0 Å². The smallest absolute Gasteiger partial charge is 0.0167 e. The summed E-state index contributed by atoms with van der Waals surface area (Å²) in [6.45, 7) is 4.32. The Morgan fingerprint density at radius 3 is 3.08 bits per heavy atom. The number of hydrogen-bond acceptors (Lipinski definition) is 2. The minimum absolute atomic E-state index is 1.06. The van der Waals surface area contributed by atoms with Crippen molar-refractivity contribution in [2.75, 3.05) is 20.1 Å². The standard InChI is InChI=1S/C11H20N2/c1-10(12-2)6-7-11-5-3-4-8-13-9-11/h6-7,12-13H,3-5,8-9H2,1-2H3/b10-6-,11-7+. The molecule has 0 amide bonds. The van der Waals surface area contributed by atoms with Crippen LogP contribution >= 0.6 is 0 Å². The van der Waals surface area contributed by atoms with Crippen LogP contribution in [0.2, 0.25) is 0 Å². The Balaban J connectivity index is 2.48. The Morgan fingerprint density at radius 2 is 2.31 bits per heavy atom. The first-order valence-electron chi connectivity index (χ1n) is 5.07. The van der Waals surface area contributed by atoms with Crippen molar-refractivity contribution in [2.45, 2.75) is 26.2 Å². The van der Waals surface area contributed by atoms with E-state index in [0.29, 0.717) is 0 Å².